The van der Waals surface area contributed by atoms with E-state index in [1.807, 2.05) is 6.07 Å². The lowest BCUT2D eigenvalue weighted by atomic mass is 9.99. The molecule has 2 unspecified atom stereocenters. The number of rotatable bonds is 4. The zero-order valence-corrected chi connectivity index (χ0v) is 14.2. The van der Waals surface area contributed by atoms with Crippen molar-refractivity contribution in [2.75, 3.05) is 18.0 Å². The number of anilines is 1. The molecule has 1 aliphatic heterocycles. The molecular weight excluding hydrogens is 284 g/mol. The highest BCUT2D eigenvalue weighted by molar-refractivity contribution is 5.63. The van der Waals surface area contributed by atoms with Crippen LogP contribution < -0.4 is 15.4 Å². The Morgan fingerprint density at radius 2 is 1.87 bits per heavy atom. The first-order valence-corrected chi connectivity index (χ1v) is 8.42. The molecule has 1 heterocycles. The number of benzene rings is 2. The lowest BCUT2D eigenvalue weighted by molar-refractivity contribution is 0.193. The Morgan fingerprint density at radius 1 is 1.13 bits per heavy atom. The summed E-state index contributed by atoms with van der Waals surface area (Å²) in [5, 5.41) is 0. The molecule has 3 rings (SSSR count). The van der Waals surface area contributed by atoms with Gasteiger partial charge in [0, 0.05) is 12.6 Å². The van der Waals surface area contributed by atoms with Crippen molar-refractivity contribution >= 4 is 5.69 Å². The fourth-order valence-electron chi connectivity index (χ4n) is 3.07. The molecule has 0 saturated heterocycles. The van der Waals surface area contributed by atoms with Crippen LogP contribution in [0.5, 0.6) is 5.75 Å². The van der Waals surface area contributed by atoms with Crippen LogP contribution in [-0.2, 0) is 0 Å². The molecule has 2 atom stereocenters. The highest BCUT2D eigenvalue weighted by Crippen LogP contribution is 2.40. The Hall–Kier alpha value is -2.00. The van der Waals surface area contributed by atoms with Gasteiger partial charge in [-0.3, -0.25) is 0 Å². The summed E-state index contributed by atoms with van der Waals surface area (Å²) in [7, 11) is 0. The van der Waals surface area contributed by atoms with Gasteiger partial charge in [-0.1, -0.05) is 50.2 Å². The van der Waals surface area contributed by atoms with E-state index >= 15 is 0 Å². The van der Waals surface area contributed by atoms with Crippen LogP contribution in [0.15, 0.2) is 48.5 Å². The minimum Gasteiger partial charge on any atom is -0.482 e. The van der Waals surface area contributed by atoms with Crippen LogP contribution in [0.2, 0.25) is 0 Å². The Bertz CT molecular complexity index is 654. The molecule has 2 aromatic carbocycles. The summed E-state index contributed by atoms with van der Waals surface area (Å²) in [6.07, 6.45) is 0.0441. The van der Waals surface area contributed by atoms with Crippen molar-refractivity contribution in [3.8, 4) is 5.75 Å². The van der Waals surface area contributed by atoms with Crippen LogP contribution in [0.3, 0.4) is 0 Å². The maximum Gasteiger partial charge on any atom is 0.143 e. The maximum absolute atomic E-state index is 6.30. The topological polar surface area (TPSA) is 38.5 Å². The minimum absolute atomic E-state index is 0.0441. The second-order valence-electron chi connectivity index (χ2n) is 6.64. The quantitative estimate of drug-likeness (QED) is 0.924. The number of nitrogens with two attached hydrogens (primary N) is 1. The van der Waals surface area contributed by atoms with E-state index in [-0.39, 0.29) is 12.1 Å². The van der Waals surface area contributed by atoms with Gasteiger partial charge in [-0.15, -0.1) is 0 Å². The summed E-state index contributed by atoms with van der Waals surface area (Å²) in [4.78, 5) is 2.39. The van der Waals surface area contributed by atoms with Gasteiger partial charge in [0.2, 0.25) is 0 Å². The monoisotopic (exact) mass is 310 g/mol. The highest BCUT2D eigenvalue weighted by atomic mass is 16.5. The van der Waals surface area contributed by atoms with Crippen LogP contribution in [0.4, 0.5) is 5.69 Å². The SMILES string of the molecule is CC(C)c1ccc2c(c1)N(C(C)CN)CC(c1ccccc1)O2. The van der Waals surface area contributed by atoms with E-state index < -0.39 is 0 Å². The van der Waals surface area contributed by atoms with Crippen LogP contribution in [0.25, 0.3) is 0 Å². The fourth-order valence-corrected chi connectivity index (χ4v) is 3.07. The van der Waals surface area contributed by atoms with Gasteiger partial charge in [0.05, 0.1) is 12.2 Å². The van der Waals surface area contributed by atoms with E-state index in [1.54, 1.807) is 0 Å². The lowest BCUT2D eigenvalue weighted by Crippen LogP contribution is -2.44. The molecule has 0 fully saturated rings. The van der Waals surface area contributed by atoms with E-state index in [0.717, 1.165) is 12.3 Å². The molecule has 0 radical (unpaired) electrons. The number of ether oxygens (including phenoxy) is 1. The summed E-state index contributed by atoms with van der Waals surface area (Å²) in [6.45, 7) is 8.08. The van der Waals surface area contributed by atoms with E-state index in [4.69, 9.17) is 10.5 Å². The smallest absolute Gasteiger partial charge is 0.143 e. The summed E-state index contributed by atoms with van der Waals surface area (Å²) < 4.78 is 6.30. The molecular formula is C20H26N2O. The van der Waals surface area contributed by atoms with Crippen molar-refractivity contribution in [1.82, 2.24) is 0 Å². The zero-order chi connectivity index (χ0) is 16.4. The van der Waals surface area contributed by atoms with E-state index in [0.29, 0.717) is 12.5 Å². The molecule has 122 valence electrons. The third-order valence-corrected chi connectivity index (χ3v) is 4.64. The van der Waals surface area contributed by atoms with Gasteiger partial charge in [-0.05, 0) is 36.1 Å². The van der Waals surface area contributed by atoms with Crippen LogP contribution >= 0.6 is 0 Å². The normalized spacial score (nSPS) is 18.5. The summed E-state index contributed by atoms with van der Waals surface area (Å²) in [6, 6.07) is 17.2. The molecule has 0 saturated carbocycles. The van der Waals surface area contributed by atoms with Gasteiger partial charge < -0.3 is 15.4 Å². The fraction of sp³-hybridized carbons (Fsp3) is 0.400. The predicted octanol–water partition coefficient (Wildman–Crippen LogP) is 4.10. The second-order valence-corrected chi connectivity index (χ2v) is 6.64. The molecule has 3 heteroatoms. The first kappa shape index (κ1) is 15.9. The highest BCUT2D eigenvalue weighted by Gasteiger charge is 2.29. The summed E-state index contributed by atoms with van der Waals surface area (Å²) in [5.74, 6) is 1.46. The maximum atomic E-state index is 6.30. The Kier molecular flexibility index (Phi) is 4.58. The largest absolute Gasteiger partial charge is 0.482 e. The average Bonchev–Trinajstić information content (AvgIpc) is 2.60. The van der Waals surface area contributed by atoms with Crippen LogP contribution in [0, 0.1) is 0 Å². The first-order valence-electron chi connectivity index (χ1n) is 8.42. The van der Waals surface area contributed by atoms with Gasteiger partial charge in [0.25, 0.3) is 0 Å². The molecule has 0 spiro atoms. The van der Waals surface area contributed by atoms with Gasteiger partial charge in [0.1, 0.15) is 11.9 Å². The molecule has 0 aliphatic carbocycles. The average molecular weight is 310 g/mol. The van der Waals surface area contributed by atoms with Gasteiger partial charge in [0.15, 0.2) is 0 Å². The minimum atomic E-state index is 0.0441. The summed E-state index contributed by atoms with van der Waals surface area (Å²) in [5.41, 5.74) is 9.67. The third-order valence-electron chi connectivity index (χ3n) is 4.64. The molecule has 2 N–H and O–H groups in total. The van der Waals surface area contributed by atoms with Gasteiger partial charge in [-0.2, -0.15) is 0 Å². The second kappa shape index (κ2) is 6.63. The van der Waals surface area contributed by atoms with Crippen molar-refractivity contribution in [1.29, 1.82) is 0 Å². The molecule has 23 heavy (non-hydrogen) atoms. The van der Waals surface area contributed by atoms with Gasteiger partial charge in [-0.25, -0.2) is 0 Å². The standard InChI is InChI=1S/C20H26N2O/c1-14(2)17-9-10-19-18(11-17)22(15(3)12-21)13-20(23-19)16-7-5-4-6-8-16/h4-11,14-15,20H,12-13,21H2,1-3H3. The predicted molar refractivity (Wildman–Crippen MR) is 96.2 cm³/mol. The lowest BCUT2D eigenvalue weighted by Gasteiger charge is -2.40. The molecule has 0 bridgehead atoms. The van der Waals surface area contributed by atoms with E-state index in [9.17, 15) is 0 Å². The number of hydrogen-bond acceptors (Lipinski definition) is 3. The molecule has 0 aromatic heterocycles. The van der Waals surface area contributed by atoms with Crippen molar-refractivity contribution in [2.45, 2.75) is 38.8 Å². The van der Waals surface area contributed by atoms with Crippen molar-refractivity contribution in [3.63, 3.8) is 0 Å². The number of hydrogen-bond donors (Lipinski definition) is 1. The first-order chi connectivity index (χ1) is 11.1. The Balaban J connectivity index is 1.99. The third kappa shape index (κ3) is 3.20. The number of nitrogens with zero attached hydrogens (tertiary/aromatic N) is 1. The molecule has 2 aromatic rings. The Morgan fingerprint density at radius 3 is 2.52 bits per heavy atom. The van der Waals surface area contributed by atoms with Crippen LogP contribution in [0.1, 0.15) is 43.9 Å². The molecule has 1 aliphatic rings. The summed E-state index contributed by atoms with van der Waals surface area (Å²) >= 11 is 0. The van der Waals surface area contributed by atoms with E-state index in [2.05, 4.69) is 68.1 Å². The van der Waals surface area contributed by atoms with E-state index in [1.165, 1.54) is 16.8 Å². The number of fused-ring (bicyclic) bond motifs is 1. The van der Waals surface area contributed by atoms with Crippen molar-refractivity contribution < 1.29 is 4.74 Å². The van der Waals surface area contributed by atoms with Gasteiger partial charge >= 0.3 is 0 Å². The molecule has 0 amide bonds. The van der Waals surface area contributed by atoms with Crippen molar-refractivity contribution in [3.05, 3.63) is 59.7 Å². The molecule has 3 nitrogen and oxygen atoms in total. The zero-order valence-electron chi connectivity index (χ0n) is 14.2. The Labute approximate surface area is 139 Å². The van der Waals surface area contributed by atoms with Crippen LogP contribution in [-0.4, -0.2) is 19.1 Å². The van der Waals surface area contributed by atoms with Crippen molar-refractivity contribution in [2.24, 2.45) is 5.73 Å².